The van der Waals surface area contributed by atoms with Gasteiger partial charge in [0.15, 0.2) is 0 Å². The largest absolute Gasteiger partial charge is 0.444 e. The topological polar surface area (TPSA) is 82.2 Å². The lowest BCUT2D eigenvalue weighted by molar-refractivity contribution is -0.169. The van der Waals surface area contributed by atoms with E-state index in [2.05, 4.69) is 5.32 Å². The summed E-state index contributed by atoms with van der Waals surface area (Å²) in [6.07, 6.45) is 1.49. The van der Waals surface area contributed by atoms with Crippen molar-refractivity contribution in [3.05, 3.63) is 71.3 Å². The predicted molar refractivity (Wildman–Crippen MR) is 137 cm³/mol. The fourth-order valence-corrected chi connectivity index (χ4v) is 5.09. The summed E-state index contributed by atoms with van der Waals surface area (Å²) in [7, 11) is 1.90. The molecule has 0 radical (unpaired) electrons. The number of benzene rings is 2. The summed E-state index contributed by atoms with van der Waals surface area (Å²) in [4.78, 5) is 45.0. The van der Waals surface area contributed by atoms with Gasteiger partial charge >= 0.3 is 6.09 Å². The molecule has 2 atom stereocenters. The molecule has 8 nitrogen and oxygen atoms in total. The smallest absolute Gasteiger partial charge is 0.411 e. The molecule has 8 heteroatoms. The zero-order valence-electron chi connectivity index (χ0n) is 21.2. The number of aryl methyl sites for hydroxylation is 1. The predicted octanol–water partition coefficient (Wildman–Crippen LogP) is 3.29. The summed E-state index contributed by atoms with van der Waals surface area (Å²) in [5, 5.41) is 3.13. The van der Waals surface area contributed by atoms with Gasteiger partial charge in [-0.25, -0.2) is 4.79 Å². The van der Waals surface area contributed by atoms with Crippen molar-refractivity contribution in [2.45, 2.75) is 58.0 Å². The van der Waals surface area contributed by atoms with Gasteiger partial charge in [-0.2, -0.15) is 0 Å². The van der Waals surface area contributed by atoms with Crippen molar-refractivity contribution in [3.63, 3.8) is 0 Å². The highest BCUT2D eigenvalue weighted by Gasteiger charge is 2.48. The van der Waals surface area contributed by atoms with E-state index in [1.54, 1.807) is 14.7 Å². The molecule has 36 heavy (non-hydrogen) atoms. The number of unbranched alkanes of at least 4 members (excludes halogenated alkanes) is 1. The van der Waals surface area contributed by atoms with E-state index in [1.165, 1.54) is 0 Å². The van der Waals surface area contributed by atoms with E-state index in [4.69, 9.17) is 4.74 Å². The van der Waals surface area contributed by atoms with E-state index in [-0.39, 0.29) is 37.9 Å². The Morgan fingerprint density at radius 3 is 2.58 bits per heavy atom. The summed E-state index contributed by atoms with van der Waals surface area (Å²) in [5.41, 5.74) is 3.03. The van der Waals surface area contributed by atoms with Gasteiger partial charge in [-0.15, -0.1) is 0 Å². The number of carbonyl (C=O) groups is 3. The molecule has 1 N–H and O–H groups in total. The Morgan fingerprint density at radius 2 is 1.83 bits per heavy atom. The maximum absolute atomic E-state index is 13.6. The lowest BCUT2D eigenvalue weighted by atomic mass is 9.98. The van der Waals surface area contributed by atoms with Crippen LogP contribution in [-0.2, 0) is 27.5 Å². The minimum Gasteiger partial charge on any atom is -0.444 e. The molecule has 4 rings (SSSR count). The molecule has 0 bridgehead atoms. The van der Waals surface area contributed by atoms with Crippen molar-refractivity contribution >= 4 is 17.9 Å². The van der Waals surface area contributed by atoms with Crippen LogP contribution in [0.1, 0.15) is 42.4 Å². The number of ether oxygens (including phenoxy) is 1. The summed E-state index contributed by atoms with van der Waals surface area (Å²) >= 11 is 0. The second-order valence-electron chi connectivity index (χ2n) is 9.59. The first-order valence-electron chi connectivity index (χ1n) is 12.8. The SMILES string of the molecule is CNCCCC[C@H]1C(=O)N(Cc2ccccc2)CC2N(C(=O)OCc3cccc(C)c3)CCC(=O)N21. The van der Waals surface area contributed by atoms with Crippen LogP contribution in [-0.4, -0.2) is 71.5 Å². The van der Waals surface area contributed by atoms with E-state index in [9.17, 15) is 14.4 Å². The quantitative estimate of drug-likeness (QED) is 0.544. The first-order chi connectivity index (χ1) is 17.5. The average Bonchev–Trinajstić information content (AvgIpc) is 2.88. The number of nitrogens with zero attached hydrogens (tertiary/aromatic N) is 3. The molecule has 2 fully saturated rings. The van der Waals surface area contributed by atoms with Gasteiger partial charge in [0.1, 0.15) is 18.8 Å². The standard InChI is InChI=1S/C28H36N4O4/c1-21-9-8-12-23(17-21)20-36-28(35)31-16-14-26(33)32-24(13-6-7-15-29-2)27(34)30(19-25(31)32)18-22-10-4-3-5-11-22/h3-5,8-12,17,24-25,29H,6-7,13-16,18-20H2,1-2H3/t24-,25?/m0/s1. The van der Waals surface area contributed by atoms with Crippen LogP contribution in [0.4, 0.5) is 4.79 Å². The van der Waals surface area contributed by atoms with Crippen LogP contribution in [0, 0.1) is 6.92 Å². The number of amides is 3. The molecule has 0 aliphatic carbocycles. The molecule has 2 saturated heterocycles. The second-order valence-corrected chi connectivity index (χ2v) is 9.59. The van der Waals surface area contributed by atoms with Gasteiger partial charge in [-0.3, -0.25) is 14.5 Å². The van der Waals surface area contributed by atoms with Crippen molar-refractivity contribution in [2.75, 3.05) is 26.7 Å². The third-order valence-electron chi connectivity index (χ3n) is 6.90. The maximum Gasteiger partial charge on any atom is 0.411 e. The van der Waals surface area contributed by atoms with Crippen LogP contribution in [0.3, 0.4) is 0 Å². The van der Waals surface area contributed by atoms with Gasteiger partial charge in [-0.1, -0.05) is 60.2 Å². The van der Waals surface area contributed by atoms with Crippen LogP contribution in [0.2, 0.25) is 0 Å². The van der Waals surface area contributed by atoms with Crippen molar-refractivity contribution < 1.29 is 19.1 Å². The summed E-state index contributed by atoms with van der Waals surface area (Å²) in [6.45, 7) is 4.01. The number of rotatable bonds is 9. The fraction of sp³-hybridized carbons (Fsp3) is 0.464. The molecule has 0 saturated carbocycles. The highest BCUT2D eigenvalue weighted by atomic mass is 16.6. The monoisotopic (exact) mass is 492 g/mol. The van der Waals surface area contributed by atoms with Gasteiger partial charge < -0.3 is 19.9 Å². The van der Waals surface area contributed by atoms with Crippen LogP contribution >= 0.6 is 0 Å². The van der Waals surface area contributed by atoms with Crippen molar-refractivity contribution in [3.8, 4) is 0 Å². The summed E-state index contributed by atoms with van der Waals surface area (Å²) < 4.78 is 5.67. The van der Waals surface area contributed by atoms with E-state index < -0.39 is 18.3 Å². The maximum atomic E-state index is 13.6. The first-order valence-corrected chi connectivity index (χ1v) is 12.8. The molecule has 3 amide bonds. The van der Waals surface area contributed by atoms with Gasteiger partial charge in [0, 0.05) is 19.5 Å². The Labute approximate surface area is 213 Å². The number of hydrogen-bond donors (Lipinski definition) is 1. The normalized spacial score (nSPS) is 19.9. The highest BCUT2D eigenvalue weighted by Crippen LogP contribution is 2.29. The molecule has 2 aliphatic heterocycles. The molecular weight excluding hydrogens is 456 g/mol. The van der Waals surface area contributed by atoms with E-state index in [1.807, 2.05) is 68.6 Å². The van der Waals surface area contributed by atoms with Gasteiger partial charge in [-0.05, 0) is 50.9 Å². The van der Waals surface area contributed by atoms with Crippen LogP contribution in [0.5, 0.6) is 0 Å². The molecule has 2 aromatic rings. The number of piperazine rings is 1. The van der Waals surface area contributed by atoms with Crippen molar-refractivity contribution in [1.82, 2.24) is 20.0 Å². The van der Waals surface area contributed by atoms with E-state index in [0.29, 0.717) is 13.0 Å². The van der Waals surface area contributed by atoms with Crippen LogP contribution < -0.4 is 5.32 Å². The van der Waals surface area contributed by atoms with E-state index >= 15 is 0 Å². The minimum atomic E-state index is -0.579. The number of carbonyl (C=O) groups excluding carboxylic acids is 3. The zero-order chi connectivity index (χ0) is 25.5. The minimum absolute atomic E-state index is 0.0529. The molecule has 1 unspecified atom stereocenters. The third-order valence-corrected chi connectivity index (χ3v) is 6.90. The Kier molecular flexibility index (Phi) is 8.59. The average molecular weight is 493 g/mol. The van der Waals surface area contributed by atoms with Crippen molar-refractivity contribution in [2.24, 2.45) is 0 Å². The third kappa shape index (κ3) is 6.05. The van der Waals surface area contributed by atoms with Crippen molar-refractivity contribution in [1.29, 1.82) is 0 Å². The Balaban J connectivity index is 1.54. The van der Waals surface area contributed by atoms with Crippen LogP contribution in [0.15, 0.2) is 54.6 Å². The molecule has 2 aromatic carbocycles. The summed E-state index contributed by atoms with van der Waals surface area (Å²) in [6, 6.07) is 17.1. The Hall–Kier alpha value is -3.39. The van der Waals surface area contributed by atoms with Gasteiger partial charge in [0.2, 0.25) is 11.8 Å². The van der Waals surface area contributed by atoms with Crippen LogP contribution in [0.25, 0.3) is 0 Å². The summed E-state index contributed by atoms with van der Waals surface area (Å²) in [5.74, 6) is -0.128. The molecule has 0 aromatic heterocycles. The number of hydrogen-bond acceptors (Lipinski definition) is 5. The molecular formula is C28H36N4O4. The Bertz CT molecular complexity index is 1060. The molecule has 0 spiro atoms. The zero-order valence-corrected chi connectivity index (χ0v) is 21.2. The van der Waals surface area contributed by atoms with Gasteiger partial charge in [0.25, 0.3) is 0 Å². The molecule has 192 valence electrons. The van der Waals surface area contributed by atoms with E-state index in [0.717, 1.165) is 36.1 Å². The number of nitrogens with one attached hydrogen (secondary N) is 1. The first kappa shape index (κ1) is 25.7. The Morgan fingerprint density at radius 1 is 1.06 bits per heavy atom. The second kappa shape index (κ2) is 12.0. The molecule has 2 heterocycles. The lowest BCUT2D eigenvalue weighted by Crippen LogP contribution is -2.71. The lowest BCUT2D eigenvalue weighted by Gasteiger charge is -2.52. The van der Waals surface area contributed by atoms with Gasteiger partial charge in [0.05, 0.1) is 6.54 Å². The number of fused-ring (bicyclic) bond motifs is 1. The highest BCUT2D eigenvalue weighted by molar-refractivity contribution is 5.90. The fourth-order valence-electron chi connectivity index (χ4n) is 5.09. The molecule has 2 aliphatic rings.